The first-order chi connectivity index (χ1) is 8.29. The van der Waals surface area contributed by atoms with Crippen molar-refractivity contribution in [1.82, 2.24) is 4.57 Å². The van der Waals surface area contributed by atoms with Gasteiger partial charge in [-0.2, -0.15) is 0 Å². The zero-order valence-corrected chi connectivity index (χ0v) is 10.1. The molecule has 86 valence electrons. The van der Waals surface area contributed by atoms with E-state index >= 15 is 0 Å². The minimum Gasteiger partial charge on any atom is -0.376 e. The number of aryl methyl sites for hydroxylation is 1. The maximum Gasteiger partial charge on any atom is 0.114 e. The first kappa shape index (κ1) is 10.9. The van der Waals surface area contributed by atoms with E-state index in [1.165, 1.54) is 22.9 Å². The van der Waals surface area contributed by atoms with Gasteiger partial charge in [-0.1, -0.05) is 24.5 Å². The van der Waals surface area contributed by atoms with E-state index in [0.29, 0.717) is 6.10 Å². The van der Waals surface area contributed by atoms with Crippen LogP contribution in [0.25, 0.3) is 10.9 Å². The largest absolute Gasteiger partial charge is 0.376 e. The van der Waals surface area contributed by atoms with Gasteiger partial charge < -0.3 is 9.30 Å². The summed E-state index contributed by atoms with van der Waals surface area (Å²) in [5.41, 5.74) is 3.51. The fourth-order valence-corrected chi connectivity index (χ4v) is 2.51. The molecule has 1 aliphatic rings. The van der Waals surface area contributed by atoms with Gasteiger partial charge in [0.1, 0.15) is 7.85 Å². The third kappa shape index (κ3) is 1.79. The molecule has 1 saturated heterocycles. The van der Waals surface area contributed by atoms with E-state index in [2.05, 4.69) is 29.8 Å². The van der Waals surface area contributed by atoms with E-state index in [1.807, 2.05) is 6.07 Å². The minimum absolute atomic E-state index is 0.386. The second kappa shape index (κ2) is 4.23. The molecule has 2 radical (unpaired) electrons. The van der Waals surface area contributed by atoms with Gasteiger partial charge in [0.15, 0.2) is 0 Å². The van der Waals surface area contributed by atoms with Gasteiger partial charge in [0.2, 0.25) is 0 Å². The Morgan fingerprint density at radius 1 is 1.41 bits per heavy atom. The van der Waals surface area contributed by atoms with Crippen molar-refractivity contribution in [2.24, 2.45) is 0 Å². The van der Waals surface area contributed by atoms with Crippen LogP contribution < -0.4 is 5.46 Å². The second-order valence-electron chi connectivity index (χ2n) is 4.68. The lowest BCUT2D eigenvalue weighted by atomic mass is 9.90. The van der Waals surface area contributed by atoms with E-state index in [0.717, 1.165) is 25.0 Å². The smallest absolute Gasteiger partial charge is 0.114 e. The Labute approximate surface area is 103 Å². The summed E-state index contributed by atoms with van der Waals surface area (Å²) in [4.78, 5) is 0. The highest BCUT2D eigenvalue weighted by atomic mass is 16.5. The highest BCUT2D eigenvalue weighted by Gasteiger charge is 2.19. The van der Waals surface area contributed by atoms with Gasteiger partial charge in [-0.25, -0.2) is 0 Å². The van der Waals surface area contributed by atoms with Crippen molar-refractivity contribution in [2.45, 2.75) is 32.4 Å². The van der Waals surface area contributed by atoms with Crippen LogP contribution in [0.2, 0.25) is 0 Å². The second-order valence-corrected chi connectivity index (χ2v) is 4.68. The number of nitrogens with zero attached hydrogens (tertiary/aromatic N) is 1. The molecule has 1 atom stereocenters. The average Bonchev–Trinajstić information content (AvgIpc) is 2.69. The van der Waals surface area contributed by atoms with E-state index in [9.17, 15) is 0 Å². The van der Waals surface area contributed by atoms with Crippen molar-refractivity contribution in [1.29, 1.82) is 0 Å². The summed E-state index contributed by atoms with van der Waals surface area (Å²) in [6.07, 6.45) is 4.72. The van der Waals surface area contributed by atoms with Crippen molar-refractivity contribution in [2.75, 3.05) is 6.61 Å². The van der Waals surface area contributed by atoms with E-state index in [-0.39, 0.29) is 0 Å². The Morgan fingerprint density at radius 2 is 2.24 bits per heavy atom. The molecule has 3 rings (SSSR count). The summed E-state index contributed by atoms with van der Waals surface area (Å²) in [5.74, 6) is 0. The standard InChI is InChI=1S/C14H16BNO/c1-2-10-3-4-13(15)12-5-7-16(14(10)12)9-11-6-8-17-11/h3-5,7,11H,2,6,8-9H2,1H3/t11-/m1/s1. The van der Waals surface area contributed by atoms with E-state index in [1.54, 1.807) is 0 Å². The molecule has 2 heterocycles. The lowest BCUT2D eigenvalue weighted by Gasteiger charge is -2.27. The Balaban J connectivity index is 2.08. The number of hydrogen-bond acceptors (Lipinski definition) is 1. The molecule has 1 aromatic heterocycles. The summed E-state index contributed by atoms with van der Waals surface area (Å²) < 4.78 is 7.79. The van der Waals surface area contributed by atoms with Crippen LogP contribution in [0.5, 0.6) is 0 Å². The quantitative estimate of drug-likeness (QED) is 0.726. The topological polar surface area (TPSA) is 14.2 Å². The number of fused-ring (bicyclic) bond motifs is 1. The van der Waals surface area contributed by atoms with Gasteiger partial charge in [-0.3, -0.25) is 0 Å². The summed E-state index contributed by atoms with van der Waals surface area (Å²) in [6.45, 7) is 4.04. The molecule has 0 aliphatic carbocycles. The van der Waals surface area contributed by atoms with Crippen molar-refractivity contribution in [3.63, 3.8) is 0 Å². The van der Waals surface area contributed by atoms with Crippen LogP contribution in [0.15, 0.2) is 24.4 Å². The fraction of sp³-hybridized carbons (Fsp3) is 0.429. The molecule has 0 spiro atoms. The van der Waals surface area contributed by atoms with Gasteiger partial charge >= 0.3 is 0 Å². The number of benzene rings is 1. The number of ether oxygens (including phenoxy) is 1. The van der Waals surface area contributed by atoms with Crippen molar-refractivity contribution < 1.29 is 4.74 Å². The average molecular weight is 225 g/mol. The predicted octanol–water partition coefficient (Wildman–Crippen LogP) is 1.79. The van der Waals surface area contributed by atoms with Crippen molar-refractivity contribution in [3.05, 3.63) is 30.0 Å². The molecule has 0 bridgehead atoms. The van der Waals surface area contributed by atoms with Crippen LogP contribution in [-0.2, 0) is 17.7 Å². The summed E-state index contributed by atoms with van der Waals surface area (Å²) in [6, 6.07) is 6.25. The third-order valence-electron chi connectivity index (χ3n) is 3.62. The molecule has 0 N–H and O–H groups in total. The van der Waals surface area contributed by atoms with Crippen LogP contribution in [-0.4, -0.2) is 25.1 Å². The van der Waals surface area contributed by atoms with Gasteiger partial charge in [0.25, 0.3) is 0 Å². The minimum atomic E-state index is 0.386. The molecule has 0 unspecified atom stereocenters. The lowest BCUT2D eigenvalue weighted by molar-refractivity contribution is -0.0586. The normalized spacial score (nSPS) is 19.5. The molecular weight excluding hydrogens is 209 g/mol. The first-order valence-corrected chi connectivity index (χ1v) is 6.27. The zero-order valence-electron chi connectivity index (χ0n) is 10.1. The maximum absolute atomic E-state index is 6.03. The monoisotopic (exact) mass is 225 g/mol. The van der Waals surface area contributed by atoms with Crippen LogP contribution >= 0.6 is 0 Å². The van der Waals surface area contributed by atoms with Crippen molar-refractivity contribution >= 4 is 24.2 Å². The predicted molar refractivity (Wildman–Crippen MR) is 71.1 cm³/mol. The van der Waals surface area contributed by atoms with Crippen LogP contribution in [0.3, 0.4) is 0 Å². The lowest BCUT2D eigenvalue weighted by Crippen LogP contribution is -2.31. The Hall–Kier alpha value is -1.22. The maximum atomic E-state index is 6.03. The van der Waals surface area contributed by atoms with Gasteiger partial charge in [-0.05, 0) is 29.9 Å². The van der Waals surface area contributed by atoms with Crippen LogP contribution in [0, 0.1) is 0 Å². The molecule has 3 heteroatoms. The molecular formula is C14H16BNO. The Bertz CT molecular complexity index is 542. The van der Waals surface area contributed by atoms with E-state index < -0.39 is 0 Å². The van der Waals surface area contributed by atoms with E-state index in [4.69, 9.17) is 12.6 Å². The van der Waals surface area contributed by atoms with Gasteiger partial charge in [0, 0.05) is 19.3 Å². The Kier molecular flexibility index (Phi) is 2.71. The number of hydrogen-bond donors (Lipinski definition) is 0. The molecule has 2 nitrogen and oxygen atoms in total. The van der Waals surface area contributed by atoms with Crippen molar-refractivity contribution in [3.8, 4) is 0 Å². The summed E-state index contributed by atoms with van der Waals surface area (Å²) in [7, 11) is 6.03. The highest BCUT2D eigenvalue weighted by molar-refractivity contribution is 6.38. The number of aromatic nitrogens is 1. The van der Waals surface area contributed by atoms with Gasteiger partial charge in [0.05, 0.1) is 11.6 Å². The molecule has 1 fully saturated rings. The number of rotatable bonds is 3. The highest BCUT2D eigenvalue weighted by Crippen LogP contribution is 2.22. The molecule has 0 amide bonds. The van der Waals surface area contributed by atoms with Gasteiger partial charge in [-0.15, -0.1) is 0 Å². The summed E-state index contributed by atoms with van der Waals surface area (Å²) >= 11 is 0. The third-order valence-corrected chi connectivity index (χ3v) is 3.62. The summed E-state index contributed by atoms with van der Waals surface area (Å²) in [5, 5.41) is 1.17. The van der Waals surface area contributed by atoms with Crippen LogP contribution in [0.4, 0.5) is 0 Å². The zero-order chi connectivity index (χ0) is 11.8. The molecule has 0 saturated carbocycles. The first-order valence-electron chi connectivity index (χ1n) is 6.27. The fourth-order valence-electron chi connectivity index (χ4n) is 2.51. The molecule has 17 heavy (non-hydrogen) atoms. The molecule has 2 aromatic rings. The van der Waals surface area contributed by atoms with Crippen LogP contribution in [0.1, 0.15) is 18.9 Å². The Morgan fingerprint density at radius 3 is 2.88 bits per heavy atom. The SMILES string of the molecule is [B]c1ccc(CC)c2c1ccn2C[C@H]1CCO1. The molecule has 1 aromatic carbocycles. The molecule has 1 aliphatic heterocycles.